The molecule has 0 saturated carbocycles. The van der Waals surface area contributed by atoms with Crippen LogP contribution in [0.15, 0.2) is 36.8 Å². The van der Waals surface area contributed by atoms with Crippen LogP contribution >= 0.6 is 0 Å². The minimum absolute atomic E-state index is 0.102. The highest BCUT2D eigenvalue weighted by Gasteiger charge is 2.28. The average molecular weight is 339 g/mol. The van der Waals surface area contributed by atoms with E-state index in [2.05, 4.69) is 15.0 Å². The highest BCUT2D eigenvalue weighted by atomic mass is 16.2. The number of carbonyl (C=O) groups is 1. The van der Waals surface area contributed by atoms with Crippen LogP contribution in [0.4, 0.5) is 5.82 Å². The van der Waals surface area contributed by atoms with Crippen LogP contribution in [-0.2, 0) is 0 Å². The van der Waals surface area contributed by atoms with E-state index in [1.165, 1.54) is 19.3 Å². The molecule has 0 aliphatic carbocycles. The largest absolute Gasteiger partial charge is 0.356 e. The number of piperidine rings is 2. The summed E-state index contributed by atoms with van der Waals surface area (Å²) >= 11 is 0. The van der Waals surface area contributed by atoms with Gasteiger partial charge in [0.15, 0.2) is 0 Å². The summed E-state index contributed by atoms with van der Waals surface area (Å²) in [7, 11) is 0. The first-order valence-corrected chi connectivity index (χ1v) is 9.31. The van der Waals surface area contributed by atoms with Crippen molar-refractivity contribution in [1.29, 1.82) is 0 Å². The molecule has 6 heteroatoms. The van der Waals surface area contributed by atoms with Gasteiger partial charge < -0.3 is 9.80 Å². The van der Waals surface area contributed by atoms with Crippen molar-refractivity contribution in [2.75, 3.05) is 31.1 Å². The van der Waals surface area contributed by atoms with Crippen LogP contribution in [-0.4, -0.2) is 51.8 Å². The molecule has 0 bridgehead atoms. The second kappa shape index (κ2) is 7.25. The zero-order chi connectivity index (χ0) is 17.1. The molecule has 1 amide bonds. The fourth-order valence-electron chi connectivity index (χ4n) is 3.94. The standard InChI is InChI=1S/C19H25N5O/c25-19(23-13-5-7-16(15-23)24-14-6-10-21-24)17-8-4-9-20-18(17)22-11-2-1-3-12-22/h4,6,8-10,14,16H,1-3,5,7,11-13,15H2/t16-/m1/s1. The third kappa shape index (κ3) is 3.38. The van der Waals surface area contributed by atoms with Crippen LogP contribution in [0.2, 0.25) is 0 Å². The van der Waals surface area contributed by atoms with Crippen LogP contribution in [0.1, 0.15) is 48.5 Å². The maximum absolute atomic E-state index is 13.2. The van der Waals surface area contributed by atoms with Crippen LogP contribution < -0.4 is 4.90 Å². The summed E-state index contributed by atoms with van der Waals surface area (Å²) in [4.78, 5) is 22.0. The Morgan fingerprint density at radius 1 is 1.04 bits per heavy atom. The first-order chi connectivity index (χ1) is 12.3. The Morgan fingerprint density at radius 3 is 2.72 bits per heavy atom. The van der Waals surface area contributed by atoms with Gasteiger partial charge in [-0.05, 0) is 50.3 Å². The van der Waals surface area contributed by atoms with Crippen LogP contribution in [0.3, 0.4) is 0 Å². The van der Waals surface area contributed by atoms with Crippen molar-refractivity contribution in [3.05, 3.63) is 42.4 Å². The molecule has 2 aliphatic heterocycles. The summed E-state index contributed by atoms with van der Waals surface area (Å²) in [6, 6.07) is 6.01. The number of pyridine rings is 1. The number of hydrogen-bond acceptors (Lipinski definition) is 4. The Kier molecular flexibility index (Phi) is 4.68. The molecule has 0 radical (unpaired) electrons. The Morgan fingerprint density at radius 2 is 1.92 bits per heavy atom. The van der Waals surface area contributed by atoms with E-state index in [1.54, 1.807) is 12.4 Å². The van der Waals surface area contributed by atoms with E-state index in [1.807, 2.05) is 34.0 Å². The number of rotatable bonds is 3. The van der Waals surface area contributed by atoms with Crippen molar-refractivity contribution in [1.82, 2.24) is 19.7 Å². The number of aromatic nitrogens is 3. The van der Waals surface area contributed by atoms with E-state index in [9.17, 15) is 4.79 Å². The monoisotopic (exact) mass is 339 g/mol. The van der Waals surface area contributed by atoms with Gasteiger partial charge in [0.1, 0.15) is 5.82 Å². The van der Waals surface area contributed by atoms with Crippen molar-refractivity contribution in [3.8, 4) is 0 Å². The van der Waals surface area contributed by atoms with E-state index in [4.69, 9.17) is 0 Å². The van der Waals surface area contributed by atoms with E-state index >= 15 is 0 Å². The van der Waals surface area contributed by atoms with Gasteiger partial charge in [0.2, 0.25) is 0 Å². The van der Waals surface area contributed by atoms with Gasteiger partial charge in [-0.2, -0.15) is 5.10 Å². The van der Waals surface area contributed by atoms with E-state index in [0.29, 0.717) is 0 Å². The number of amides is 1. The minimum Gasteiger partial charge on any atom is -0.356 e. The van der Waals surface area contributed by atoms with E-state index < -0.39 is 0 Å². The lowest BCUT2D eigenvalue weighted by atomic mass is 10.0. The van der Waals surface area contributed by atoms with Crippen LogP contribution in [0, 0.1) is 0 Å². The second-order valence-corrected chi connectivity index (χ2v) is 6.96. The zero-order valence-electron chi connectivity index (χ0n) is 14.5. The number of carbonyl (C=O) groups excluding carboxylic acids is 1. The maximum atomic E-state index is 13.2. The van der Waals surface area contributed by atoms with Gasteiger partial charge >= 0.3 is 0 Å². The molecule has 1 atom stereocenters. The van der Waals surface area contributed by atoms with Crippen molar-refractivity contribution in [2.24, 2.45) is 0 Å². The van der Waals surface area contributed by atoms with Crippen LogP contribution in [0.25, 0.3) is 0 Å². The number of nitrogens with zero attached hydrogens (tertiary/aromatic N) is 5. The summed E-state index contributed by atoms with van der Waals surface area (Å²) in [5.41, 5.74) is 0.741. The molecule has 2 fully saturated rings. The second-order valence-electron chi connectivity index (χ2n) is 6.96. The summed E-state index contributed by atoms with van der Waals surface area (Å²) in [6.45, 7) is 3.51. The molecular formula is C19H25N5O. The summed E-state index contributed by atoms with van der Waals surface area (Å²) in [6.07, 6.45) is 11.3. The van der Waals surface area contributed by atoms with Gasteiger partial charge in [0.25, 0.3) is 5.91 Å². The van der Waals surface area contributed by atoms with Gasteiger partial charge in [0.05, 0.1) is 11.6 Å². The number of anilines is 1. The Bertz CT molecular complexity index is 708. The molecule has 2 aliphatic rings. The molecule has 4 rings (SSSR count). The first kappa shape index (κ1) is 16.1. The van der Waals surface area contributed by atoms with Gasteiger partial charge in [-0.1, -0.05) is 0 Å². The first-order valence-electron chi connectivity index (χ1n) is 9.31. The molecule has 132 valence electrons. The summed E-state index contributed by atoms with van der Waals surface area (Å²) in [5, 5.41) is 4.36. The molecule has 0 aromatic carbocycles. The van der Waals surface area contributed by atoms with Crippen LogP contribution in [0.5, 0.6) is 0 Å². The van der Waals surface area contributed by atoms with Crippen molar-refractivity contribution in [3.63, 3.8) is 0 Å². The lowest BCUT2D eigenvalue weighted by molar-refractivity contribution is 0.0673. The van der Waals surface area contributed by atoms with Crippen molar-refractivity contribution >= 4 is 11.7 Å². The molecular weight excluding hydrogens is 314 g/mol. The molecule has 2 aromatic heterocycles. The fraction of sp³-hybridized carbons (Fsp3) is 0.526. The Balaban J connectivity index is 1.54. The molecule has 4 heterocycles. The molecule has 2 aromatic rings. The highest BCUT2D eigenvalue weighted by molar-refractivity contribution is 5.99. The topological polar surface area (TPSA) is 54.3 Å². The van der Waals surface area contributed by atoms with E-state index in [0.717, 1.165) is 50.4 Å². The number of hydrogen-bond donors (Lipinski definition) is 0. The maximum Gasteiger partial charge on any atom is 0.257 e. The zero-order valence-corrected chi connectivity index (χ0v) is 14.5. The quantitative estimate of drug-likeness (QED) is 0.863. The molecule has 6 nitrogen and oxygen atoms in total. The molecule has 25 heavy (non-hydrogen) atoms. The highest BCUT2D eigenvalue weighted by Crippen LogP contribution is 2.26. The summed E-state index contributed by atoms with van der Waals surface area (Å²) in [5.74, 6) is 0.957. The Labute approximate surface area is 148 Å². The fourth-order valence-corrected chi connectivity index (χ4v) is 3.94. The lowest BCUT2D eigenvalue weighted by Crippen LogP contribution is -2.42. The SMILES string of the molecule is O=C(c1cccnc1N1CCCCC1)N1CCC[C@@H](n2cccn2)C1. The Hall–Kier alpha value is -2.37. The lowest BCUT2D eigenvalue weighted by Gasteiger charge is -2.34. The molecule has 0 unspecified atom stereocenters. The average Bonchev–Trinajstić information content (AvgIpc) is 3.23. The molecule has 0 spiro atoms. The molecule has 2 saturated heterocycles. The van der Waals surface area contributed by atoms with Crippen molar-refractivity contribution in [2.45, 2.75) is 38.1 Å². The summed E-state index contributed by atoms with van der Waals surface area (Å²) < 4.78 is 1.98. The normalized spacial score (nSPS) is 21.4. The van der Waals surface area contributed by atoms with Gasteiger partial charge in [-0.15, -0.1) is 0 Å². The minimum atomic E-state index is 0.102. The van der Waals surface area contributed by atoms with E-state index in [-0.39, 0.29) is 11.9 Å². The third-order valence-electron chi connectivity index (χ3n) is 5.26. The third-order valence-corrected chi connectivity index (χ3v) is 5.26. The van der Waals surface area contributed by atoms with Gasteiger partial charge in [0, 0.05) is 44.8 Å². The van der Waals surface area contributed by atoms with Gasteiger partial charge in [-0.25, -0.2) is 4.98 Å². The molecule has 0 N–H and O–H groups in total. The smallest absolute Gasteiger partial charge is 0.257 e. The van der Waals surface area contributed by atoms with Gasteiger partial charge in [-0.3, -0.25) is 9.48 Å². The number of likely N-dealkylation sites (tertiary alicyclic amines) is 1. The van der Waals surface area contributed by atoms with Crippen molar-refractivity contribution < 1.29 is 4.79 Å². The predicted octanol–water partition coefficient (Wildman–Crippen LogP) is 2.75. The predicted molar refractivity (Wildman–Crippen MR) is 96.7 cm³/mol.